The van der Waals surface area contributed by atoms with E-state index >= 15 is 0 Å². The van der Waals surface area contributed by atoms with Crippen molar-refractivity contribution < 1.29 is 0 Å². The first kappa shape index (κ1) is 89.2. The Labute approximate surface area is 588 Å². The monoisotopic (exact) mass is 1410 g/mol. The Morgan fingerprint density at radius 1 is 0.129 bits per heavy atom. The number of unbranched alkanes of at least 4 members (excludes halogenated alkanes) is 48. The Morgan fingerprint density at radius 3 is 0.365 bits per heavy atom. The third-order valence-corrected chi connectivity index (χ3v) is 35.7. The van der Waals surface area contributed by atoms with Crippen molar-refractivity contribution in [2.45, 2.75) is 404 Å². The van der Waals surface area contributed by atoms with E-state index in [0.29, 0.717) is 15.7 Å². The Bertz CT molecular complexity index is 961. The van der Waals surface area contributed by atoms with Gasteiger partial charge >= 0.3 is 0 Å². The van der Waals surface area contributed by atoms with Crippen LogP contribution in [0.5, 0.6) is 0 Å². The molecule has 0 rings (SSSR count). The van der Waals surface area contributed by atoms with Gasteiger partial charge in [-0.05, 0) is 73.0 Å². The summed E-state index contributed by atoms with van der Waals surface area (Å²) >= 11 is 27.8. The number of rotatable bonds is 78. The van der Waals surface area contributed by atoms with Crippen LogP contribution < -0.4 is 0 Å². The smallest absolute Gasteiger partial charge is 0.0980 e. The topological polar surface area (TPSA) is 0 Å². The van der Waals surface area contributed by atoms with Crippen LogP contribution in [0.4, 0.5) is 0 Å². The summed E-state index contributed by atoms with van der Waals surface area (Å²) in [5.41, 5.74) is 0. The van der Waals surface area contributed by atoms with Gasteiger partial charge < -0.3 is 0 Å². The Kier molecular flexibility index (Phi) is 84.6. The van der Waals surface area contributed by atoms with Crippen molar-refractivity contribution in [2.24, 2.45) is 0 Å². The second-order valence-electron chi connectivity index (χ2n) is 24.7. The van der Waals surface area contributed by atoms with Crippen molar-refractivity contribution in [3.63, 3.8) is 0 Å². The summed E-state index contributed by atoms with van der Waals surface area (Å²) in [6.45, 7) is 14.0. The lowest BCUT2D eigenvalue weighted by atomic mass is 10.1. The molecule has 0 N–H and O–H groups in total. The van der Waals surface area contributed by atoms with Crippen LogP contribution in [0.2, 0.25) is 0 Å². The van der Waals surface area contributed by atoms with Crippen LogP contribution in [0.25, 0.3) is 0 Å². The van der Waals surface area contributed by atoms with Crippen LogP contribution in [-0.2, 0) is 0 Å². The predicted molar refractivity (Wildman–Crippen MR) is 433 cm³/mol. The first-order valence-corrected chi connectivity index (χ1v) is 50.1. The molecule has 0 nitrogen and oxygen atoms in total. The number of thioether (sulfide) groups is 12. The van der Waals surface area contributed by atoms with Gasteiger partial charge in [0, 0.05) is 15.3 Å². The predicted octanol–water partition coefficient (Wildman–Crippen LogP) is 32.0. The minimum atomic E-state index is 0.619. The summed E-state index contributed by atoms with van der Waals surface area (Å²) in [7, 11) is 0. The van der Waals surface area contributed by atoms with Gasteiger partial charge in [0.15, 0.2) is 0 Å². The molecule has 0 aliphatic heterocycles. The van der Waals surface area contributed by atoms with E-state index in [-0.39, 0.29) is 0 Å². The molecule has 0 aliphatic carbocycles. The van der Waals surface area contributed by atoms with Gasteiger partial charge in [0.2, 0.25) is 0 Å². The van der Waals surface area contributed by atoms with Crippen molar-refractivity contribution in [1.29, 1.82) is 0 Å². The molecule has 0 aromatic heterocycles. The van der Waals surface area contributed by atoms with Gasteiger partial charge in [-0.3, -0.25) is 0 Å². The molecule has 0 aromatic carbocycles. The molecule has 512 valence electrons. The molecule has 0 saturated heterocycles. The molecule has 0 amide bonds. The Hall–Kier alpha value is 4.20. The van der Waals surface area contributed by atoms with Gasteiger partial charge in [-0.1, -0.05) is 350 Å². The minimum absolute atomic E-state index is 0.619. The highest BCUT2D eigenvalue weighted by atomic mass is 32.3. The van der Waals surface area contributed by atoms with Crippen molar-refractivity contribution in [2.75, 3.05) is 49.8 Å². The van der Waals surface area contributed by atoms with Gasteiger partial charge in [0.1, 0.15) is 0 Å². The summed E-state index contributed by atoms with van der Waals surface area (Å²) in [4.78, 5) is 0. The fraction of sp³-hybridized carbons (Fsp3) is 1.00. The maximum Gasteiger partial charge on any atom is 0.0980 e. The summed E-state index contributed by atoms with van der Waals surface area (Å²) < 4.78 is 2.68. The Morgan fingerprint density at radius 2 is 0.235 bits per heavy atom. The molecule has 0 radical (unpaired) electrons. The molecule has 0 unspecified atom stereocenters. The highest BCUT2D eigenvalue weighted by Gasteiger charge is 2.19. The summed E-state index contributed by atoms with van der Waals surface area (Å²) in [5.74, 6) is 8.12. The fourth-order valence-electron chi connectivity index (χ4n) is 10.6. The molecular weight excluding hydrogens is 1260 g/mol. The van der Waals surface area contributed by atoms with Crippen molar-refractivity contribution in [3.05, 3.63) is 0 Å². The third-order valence-electron chi connectivity index (χ3n) is 16.2. The largest absolute Gasteiger partial charge is 0.137 e. The highest BCUT2D eigenvalue weighted by Crippen LogP contribution is 2.47. The van der Waals surface area contributed by atoms with E-state index in [1.54, 1.807) is 0 Å². The van der Waals surface area contributed by atoms with E-state index in [0.717, 1.165) is 0 Å². The zero-order chi connectivity index (χ0) is 61.3. The molecule has 0 aliphatic rings. The molecule has 0 atom stereocenters. The minimum Gasteiger partial charge on any atom is -0.137 e. The van der Waals surface area contributed by atoms with E-state index in [2.05, 4.69) is 183 Å². The van der Waals surface area contributed by atoms with Crippen molar-refractivity contribution >= 4 is 141 Å². The van der Waals surface area contributed by atoms with Crippen molar-refractivity contribution in [1.82, 2.24) is 0 Å². The summed E-state index contributed by atoms with van der Waals surface area (Å²) in [6.07, 6.45) is 77.4. The average molecular weight is 1410 g/mol. The number of hydrogen-bond donors (Lipinski definition) is 0. The summed E-state index contributed by atoms with van der Waals surface area (Å²) in [5, 5.41) is 3.73. The lowest BCUT2D eigenvalue weighted by molar-refractivity contribution is 0.573. The second kappa shape index (κ2) is 80.6. The van der Waals surface area contributed by atoms with Gasteiger partial charge in [0.05, 0.1) is 15.7 Å². The van der Waals surface area contributed by atoms with E-state index < -0.39 is 0 Å². The van der Waals surface area contributed by atoms with Crippen LogP contribution in [0, 0.1) is 0 Å². The third kappa shape index (κ3) is 73.9. The maximum absolute atomic E-state index is 2.34. The zero-order valence-corrected chi connectivity index (χ0v) is 67.6. The second-order valence-corrected chi connectivity index (χ2v) is 43.2. The van der Waals surface area contributed by atoms with Crippen LogP contribution in [0.1, 0.15) is 388 Å². The van der Waals surface area contributed by atoms with E-state index in [1.165, 1.54) is 396 Å². The molecule has 0 aromatic rings. The summed E-state index contributed by atoms with van der Waals surface area (Å²) in [6, 6.07) is 0. The quantitative estimate of drug-likeness (QED) is 0.0421. The van der Waals surface area contributed by atoms with Gasteiger partial charge in [-0.25, -0.2) is 0 Å². The van der Waals surface area contributed by atoms with Crippen molar-refractivity contribution in [3.8, 4) is 0 Å². The first-order valence-electron chi connectivity index (χ1n) is 37.5. The molecule has 0 bridgehead atoms. The lowest BCUT2D eigenvalue weighted by Crippen LogP contribution is -2.01. The molecular formula is C73H148S12. The van der Waals surface area contributed by atoms with E-state index in [1.807, 2.05) is 0 Å². The standard InChI is InChI=1S/C73H148S12/c1-7-13-19-25-31-37-43-49-55-61-74-70(75-62-56-50-44-38-32-26-20-14-8-2)80-67-83-73(84-68-81-71(76-63-57-51-45-39-33-27-21-15-9-3)77-64-58-52-46-40-34-28-22-16-10-4)85-69-82-72(78-65-59-53-47-41-35-29-23-17-11-5)79-66-60-54-48-42-36-30-24-18-12-6/h70-73H,7-69H2,1-6H3. The van der Waals surface area contributed by atoms with Crippen LogP contribution >= 0.6 is 141 Å². The normalized spacial score (nSPS) is 12.1. The highest BCUT2D eigenvalue weighted by molar-refractivity contribution is 8.43. The molecule has 85 heavy (non-hydrogen) atoms. The molecule has 12 heteroatoms. The maximum atomic E-state index is 2.34. The zero-order valence-electron chi connectivity index (χ0n) is 57.8. The average Bonchev–Trinajstić information content (AvgIpc) is 3.52. The van der Waals surface area contributed by atoms with E-state index in [9.17, 15) is 0 Å². The van der Waals surface area contributed by atoms with Crippen LogP contribution in [-0.4, -0.2) is 65.4 Å². The van der Waals surface area contributed by atoms with E-state index in [4.69, 9.17) is 0 Å². The molecule has 0 spiro atoms. The molecule has 0 fully saturated rings. The number of hydrogen-bond acceptors (Lipinski definition) is 12. The SMILES string of the molecule is CCCCCCCCCCCSC(SCCCCCCCCCCC)SCSC(SCSC(SCCCCCCCCCCC)SCCCCCCCCCCC)SCSC(SCCCCCCCCCCC)SCCCCCCCCCCC. The van der Waals surface area contributed by atoms with Gasteiger partial charge in [-0.2, -0.15) is 0 Å². The van der Waals surface area contributed by atoms with Gasteiger partial charge in [0.25, 0.3) is 0 Å². The van der Waals surface area contributed by atoms with Crippen LogP contribution in [0.15, 0.2) is 0 Å². The molecule has 0 saturated carbocycles. The first-order chi connectivity index (χ1) is 42.1. The molecule has 0 heterocycles. The fourth-order valence-corrected chi connectivity index (χ4v) is 31.7. The van der Waals surface area contributed by atoms with Gasteiger partial charge in [-0.15, -0.1) is 141 Å². The Balaban J connectivity index is 5.94. The lowest BCUT2D eigenvalue weighted by Gasteiger charge is -2.21. The van der Waals surface area contributed by atoms with Crippen LogP contribution in [0.3, 0.4) is 0 Å².